The molecule has 0 atom stereocenters. The normalized spacial score (nSPS) is 14.7. The van der Waals surface area contributed by atoms with Crippen molar-refractivity contribution < 1.29 is 10.2 Å². The number of hydrogen-bond donors (Lipinski definition) is 2. The minimum atomic E-state index is 0.243. The van der Waals surface area contributed by atoms with E-state index < -0.39 is 0 Å². The molecule has 9 aromatic rings. The van der Waals surface area contributed by atoms with Crippen molar-refractivity contribution in [2.45, 2.75) is 77.3 Å². The fourth-order valence-electron chi connectivity index (χ4n) is 10.3. The average molecular weight is 813 g/mol. The van der Waals surface area contributed by atoms with Gasteiger partial charge in [-0.3, -0.25) is 0 Å². The fraction of sp³-hybridized carbons (Fsp3) is 0.222. The lowest BCUT2D eigenvalue weighted by Crippen LogP contribution is -2.06. The molecule has 2 aliphatic rings. The maximum atomic E-state index is 11.0. The largest absolute Gasteiger partial charge is 0.507 e. The molecule has 2 N–H and O–H groups in total. The number of benzene rings is 6. The summed E-state index contributed by atoms with van der Waals surface area (Å²) >= 11 is 0. The number of phenolic OH excluding ortho intramolecular Hbond substituents is 2. The lowest BCUT2D eigenvalue weighted by atomic mass is 9.96. The third kappa shape index (κ3) is 6.61. The van der Waals surface area contributed by atoms with Crippen molar-refractivity contribution in [3.63, 3.8) is 0 Å². The van der Waals surface area contributed by atoms with Crippen LogP contribution in [0.5, 0.6) is 11.5 Å². The molecule has 0 bridgehead atoms. The van der Waals surface area contributed by atoms with E-state index in [2.05, 4.69) is 102 Å². The van der Waals surface area contributed by atoms with E-state index in [1.807, 2.05) is 36.4 Å². The Labute approximate surface area is 361 Å². The van der Waals surface area contributed by atoms with Gasteiger partial charge in [-0.1, -0.05) is 86.3 Å². The van der Waals surface area contributed by atoms with Gasteiger partial charge in [0.1, 0.15) is 29.5 Å². The number of phenols is 2. The molecule has 8 heteroatoms. The van der Waals surface area contributed by atoms with Crippen molar-refractivity contribution in [1.29, 1.82) is 0 Å². The van der Waals surface area contributed by atoms with Crippen LogP contribution in [-0.2, 0) is 0 Å². The van der Waals surface area contributed by atoms with Crippen molar-refractivity contribution in [2.75, 3.05) is 0 Å². The van der Waals surface area contributed by atoms with Crippen LogP contribution >= 0.6 is 0 Å². The molecule has 11 rings (SSSR count). The molecule has 6 aromatic carbocycles. The van der Waals surface area contributed by atoms with Crippen molar-refractivity contribution in [3.05, 3.63) is 145 Å². The van der Waals surface area contributed by atoms with Crippen molar-refractivity contribution >= 4 is 22.1 Å². The number of aryl methyl sites for hydroxylation is 2. The van der Waals surface area contributed by atoms with E-state index in [9.17, 15) is 10.2 Å². The van der Waals surface area contributed by atoms with Gasteiger partial charge in [0.15, 0.2) is 0 Å². The minimum absolute atomic E-state index is 0.243. The molecule has 0 radical (unpaired) electrons. The molecule has 0 unspecified atom stereocenters. The van der Waals surface area contributed by atoms with E-state index in [1.165, 1.54) is 25.7 Å². The molecule has 0 amide bonds. The number of aromatic hydroxyl groups is 2. The van der Waals surface area contributed by atoms with Crippen LogP contribution in [0.25, 0.3) is 89.6 Å². The number of fused-ring (bicyclic) bond motifs is 2. The van der Waals surface area contributed by atoms with Gasteiger partial charge in [-0.25, -0.2) is 19.9 Å². The lowest BCUT2D eigenvalue weighted by molar-refractivity contribution is 0.474. The second kappa shape index (κ2) is 15.4. The first-order valence-corrected chi connectivity index (χ1v) is 22.0. The minimum Gasteiger partial charge on any atom is -0.507 e. The van der Waals surface area contributed by atoms with E-state index >= 15 is 0 Å². The van der Waals surface area contributed by atoms with Crippen LogP contribution in [0.15, 0.2) is 134 Å². The van der Waals surface area contributed by atoms with Crippen LogP contribution < -0.4 is 0 Å². The lowest BCUT2D eigenvalue weighted by Gasteiger charge is -2.17. The van der Waals surface area contributed by atoms with Crippen LogP contribution in [0, 0.1) is 13.8 Å². The number of aromatic nitrogens is 6. The van der Waals surface area contributed by atoms with Gasteiger partial charge >= 0.3 is 0 Å². The molecule has 0 aliphatic heterocycles. The van der Waals surface area contributed by atoms with Crippen LogP contribution in [0.3, 0.4) is 0 Å². The Morgan fingerprint density at radius 2 is 0.855 bits per heavy atom. The van der Waals surface area contributed by atoms with Crippen molar-refractivity contribution in [2.24, 2.45) is 0 Å². The number of rotatable bonds is 8. The van der Waals surface area contributed by atoms with E-state index in [1.54, 1.807) is 18.5 Å². The second-order valence-electron chi connectivity index (χ2n) is 17.3. The molecule has 0 spiro atoms. The summed E-state index contributed by atoms with van der Waals surface area (Å²) in [6.45, 7) is 4.26. The number of imidazole rings is 2. The van der Waals surface area contributed by atoms with E-state index in [0.29, 0.717) is 12.1 Å². The fourth-order valence-corrected chi connectivity index (χ4v) is 10.3. The van der Waals surface area contributed by atoms with Gasteiger partial charge < -0.3 is 19.3 Å². The molecule has 2 fully saturated rings. The number of hydrogen-bond acceptors (Lipinski definition) is 6. The molecule has 3 aromatic heterocycles. The van der Waals surface area contributed by atoms with Crippen LogP contribution in [0.4, 0.5) is 0 Å². The summed E-state index contributed by atoms with van der Waals surface area (Å²) in [6, 6.07) is 44.0. The third-order valence-electron chi connectivity index (χ3n) is 13.1. The predicted molar refractivity (Wildman–Crippen MR) is 249 cm³/mol. The van der Waals surface area contributed by atoms with E-state index in [0.717, 1.165) is 126 Å². The Balaban J connectivity index is 0.991. The number of nitrogens with zero attached hydrogens (tertiary/aromatic N) is 6. The molecule has 2 saturated carbocycles. The van der Waals surface area contributed by atoms with Crippen LogP contribution in [0.2, 0.25) is 0 Å². The average Bonchev–Trinajstić information content (AvgIpc) is 4.13. The molecule has 0 saturated heterocycles. The highest BCUT2D eigenvalue weighted by molar-refractivity contribution is 5.97. The molecule has 3 heterocycles. The zero-order valence-electron chi connectivity index (χ0n) is 35.1. The van der Waals surface area contributed by atoms with Gasteiger partial charge in [-0.2, -0.15) is 0 Å². The van der Waals surface area contributed by atoms with Gasteiger partial charge in [0.2, 0.25) is 0 Å². The summed E-state index contributed by atoms with van der Waals surface area (Å²) in [4.78, 5) is 20.3. The van der Waals surface area contributed by atoms with Crippen LogP contribution in [0.1, 0.15) is 74.6 Å². The highest BCUT2D eigenvalue weighted by Gasteiger charge is 2.28. The second-order valence-corrected chi connectivity index (χ2v) is 17.3. The quantitative estimate of drug-likeness (QED) is 0.158. The first-order valence-electron chi connectivity index (χ1n) is 22.0. The highest BCUT2D eigenvalue weighted by atomic mass is 16.3. The van der Waals surface area contributed by atoms with E-state index in [4.69, 9.17) is 19.9 Å². The SMILES string of the molecule is Cc1cc(-c2cc(-c3cc(C)cc(-c4cccc5c4nc(-c4ccccc4O)n5C4CCCC4)c3)ncn2)cc(-c2cccc3c2nc(-c2ccccc2O)n3C2CCCC2)c1. The Hall–Kier alpha value is -7.06. The standard InChI is InChI=1S/C54H48N6O2/c1-33-25-35(41-19-11-21-47-51(41)57-53(43-17-7-9-23-49(43)61)59(47)39-13-3-4-14-39)29-37(27-33)45-31-46(56-32-55-45)38-28-34(2)26-36(30-38)42-20-12-22-48-52(42)58-54(44-18-8-10-24-50(44)62)60(48)40-15-5-6-16-40/h7-12,17-32,39-40,61-62H,3-6,13-16H2,1-2H3. The summed E-state index contributed by atoms with van der Waals surface area (Å²) in [5.74, 6) is 2.12. The predicted octanol–water partition coefficient (Wildman–Crippen LogP) is 13.4. The Bertz CT molecular complexity index is 2960. The van der Waals surface area contributed by atoms with E-state index in [-0.39, 0.29) is 11.5 Å². The summed E-state index contributed by atoms with van der Waals surface area (Å²) < 4.78 is 4.75. The third-order valence-corrected chi connectivity index (χ3v) is 13.1. The molecular formula is C54H48N6O2. The van der Waals surface area contributed by atoms with Crippen LogP contribution in [-0.4, -0.2) is 39.3 Å². The van der Waals surface area contributed by atoms with Gasteiger partial charge in [-0.15, -0.1) is 0 Å². The summed E-state index contributed by atoms with van der Waals surface area (Å²) in [5, 5.41) is 22.0. The Morgan fingerprint density at radius 3 is 1.29 bits per heavy atom. The van der Waals surface area contributed by atoms with Gasteiger partial charge in [0.05, 0.1) is 44.6 Å². The van der Waals surface area contributed by atoms with Crippen molar-refractivity contribution in [1.82, 2.24) is 29.1 Å². The maximum Gasteiger partial charge on any atom is 0.145 e. The van der Waals surface area contributed by atoms with Gasteiger partial charge in [-0.05, 0) is 129 Å². The summed E-state index contributed by atoms with van der Waals surface area (Å²) in [6.07, 6.45) is 10.9. The molecule has 2 aliphatic carbocycles. The number of para-hydroxylation sites is 4. The zero-order valence-corrected chi connectivity index (χ0v) is 35.1. The molecular weight excluding hydrogens is 765 g/mol. The summed E-state index contributed by atoms with van der Waals surface area (Å²) in [7, 11) is 0. The maximum absolute atomic E-state index is 11.0. The van der Waals surface area contributed by atoms with Gasteiger partial charge in [0, 0.05) is 34.3 Å². The monoisotopic (exact) mass is 812 g/mol. The zero-order chi connectivity index (χ0) is 41.9. The first kappa shape index (κ1) is 37.9. The highest BCUT2D eigenvalue weighted by Crippen LogP contribution is 2.44. The topological polar surface area (TPSA) is 102 Å². The molecule has 306 valence electrons. The van der Waals surface area contributed by atoms with Crippen molar-refractivity contribution in [3.8, 4) is 79.0 Å². The first-order chi connectivity index (χ1) is 30.4. The Morgan fingerprint density at radius 1 is 0.452 bits per heavy atom. The van der Waals surface area contributed by atoms with Gasteiger partial charge in [0.25, 0.3) is 0 Å². The smallest absolute Gasteiger partial charge is 0.145 e. The Kier molecular flexibility index (Phi) is 9.44. The molecule has 8 nitrogen and oxygen atoms in total. The molecule has 62 heavy (non-hydrogen) atoms. The summed E-state index contributed by atoms with van der Waals surface area (Å²) in [5.41, 5.74) is 15.7.